The molecule has 3 aromatic rings. The first-order valence-electron chi connectivity index (χ1n) is 10.3. The molecule has 0 saturated carbocycles. The van der Waals surface area contributed by atoms with E-state index in [0.29, 0.717) is 5.75 Å². The number of anilines is 2. The number of nitrogens with one attached hydrogen (secondary N) is 1. The number of carbonyl (C=O) groups excluding carboxylic acids is 2. The van der Waals surface area contributed by atoms with Crippen molar-refractivity contribution in [1.82, 2.24) is 10.4 Å². The molecule has 32 heavy (non-hydrogen) atoms. The van der Waals surface area contributed by atoms with Crippen LogP contribution in [-0.4, -0.2) is 34.5 Å². The number of para-hydroxylation sites is 2. The van der Waals surface area contributed by atoms with Gasteiger partial charge in [0.2, 0.25) is 0 Å². The zero-order chi connectivity index (χ0) is 21.9. The van der Waals surface area contributed by atoms with Crippen LogP contribution in [0, 0.1) is 0 Å². The van der Waals surface area contributed by atoms with E-state index in [-0.39, 0.29) is 23.7 Å². The number of hydrogen-bond donors (Lipinski definition) is 1. The molecule has 1 unspecified atom stereocenters. The Morgan fingerprint density at radius 2 is 1.56 bits per heavy atom. The number of thioether (sulfide) groups is 1. The monoisotopic (exact) mass is 459 g/mol. The lowest BCUT2D eigenvalue weighted by Gasteiger charge is -2.33. The van der Waals surface area contributed by atoms with Crippen molar-refractivity contribution in [2.45, 2.75) is 15.2 Å². The van der Waals surface area contributed by atoms with Crippen LogP contribution in [0.15, 0.2) is 94.7 Å². The Labute approximate surface area is 195 Å². The minimum absolute atomic E-state index is 0.0962. The van der Waals surface area contributed by atoms with E-state index in [9.17, 15) is 9.59 Å². The molecular weight excluding hydrogens is 438 g/mol. The van der Waals surface area contributed by atoms with Gasteiger partial charge in [-0.15, -0.1) is 11.8 Å². The number of amides is 2. The number of benzene rings is 3. The quantitative estimate of drug-likeness (QED) is 0.586. The Morgan fingerprint density at radius 1 is 0.938 bits per heavy atom. The average molecular weight is 460 g/mol. The zero-order valence-electron chi connectivity index (χ0n) is 17.2. The Kier molecular flexibility index (Phi) is 5.92. The summed E-state index contributed by atoms with van der Waals surface area (Å²) in [6.45, 7) is 0.123. The summed E-state index contributed by atoms with van der Waals surface area (Å²) in [6, 6.07) is 26.0. The van der Waals surface area contributed by atoms with Gasteiger partial charge in [-0.3, -0.25) is 15.0 Å². The highest BCUT2D eigenvalue weighted by molar-refractivity contribution is 8.01. The van der Waals surface area contributed by atoms with Crippen molar-refractivity contribution in [1.29, 1.82) is 0 Å². The average Bonchev–Trinajstić information content (AvgIpc) is 3.17. The van der Waals surface area contributed by atoms with Crippen molar-refractivity contribution in [3.05, 3.63) is 90.5 Å². The number of hydrogen-bond acceptors (Lipinski definition) is 5. The summed E-state index contributed by atoms with van der Waals surface area (Å²) in [4.78, 5) is 29.8. The summed E-state index contributed by atoms with van der Waals surface area (Å²) in [6.07, 6.45) is 3.93. The van der Waals surface area contributed by atoms with Crippen molar-refractivity contribution in [2.24, 2.45) is 0 Å². The van der Waals surface area contributed by atoms with E-state index in [1.807, 2.05) is 83.8 Å². The van der Waals surface area contributed by atoms with Gasteiger partial charge in [0.1, 0.15) is 11.9 Å². The second-order valence-electron chi connectivity index (χ2n) is 7.39. The summed E-state index contributed by atoms with van der Waals surface area (Å²) < 4.78 is 0. The zero-order valence-corrected chi connectivity index (χ0v) is 18.8. The maximum absolute atomic E-state index is 13.1. The molecule has 2 aliphatic rings. The molecule has 7 heteroatoms. The van der Waals surface area contributed by atoms with Gasteiger partial charge in [-0.25, -0.2) is 5.01 Å². The highest BCUT2D eigenvalue weighted by Gasteiger charge is 2.32. The summed E-state index contributed by atoms with van der Waals surface area (Å²) in [5, 5.41) is 1.21. The van der Waals surface area contributed by atoms with Crippen LogP contribution in [0.1, 0.15) is 5.56 Å². The fourth-order valence-electron chi connectivity index (χ4n) is 3.73. The van der Waals surface area contributed by atoms with Gasteiger partial charge in [0, 0.05) is 9.79 Å². The molecule has 1 fully saturated rings. The normalized spacial score (nSPS) is 17.4. The maximum atomic E-state index is 13.1. The van der Waals surface area contributed by atoms with Gasteiger partial charge in [0.25, 0.3) is 11.8 Å². The van der Waals surface area contributed by atoms with Crippen LogP contribution in [-0.2, 0) is 9.59 Å². The van der Waals surface area contributed by atoms with Gasteiger partial charge >= 0.3 is 0 Å². The molecule has 0 radical (unpaired) electrons. The summed E-state index contributed by atoms with van der Waals surface area (Å²) in [5.74, 6) is 0.0207. The lowest BCUT2D eigenvalue weighted by Crippen LogP contribution is -2.49. The van der Waals surface area contributed by atoms with E-state index in [2.05, 4.69) is 17.6 Å². The second kappa shape index (κ2) is 9.14. The lowest BCUT2D eigenvalue weighted by molar-refractivity contribution is -0.137. The predicted octanol–water partition coefficient (Wildman–Crippen LogP) is 4.94. The van der Waals surface area contributed by atoms with Gasteiger partial charge < -0.3 is 4.90 Å². The minimum Gasteiger partial charge on any atom is -0.330 e. The van der Waals surface area contributed by atoms with Gasteiger partial charge in [0.05, 0.1) is 17.1 Å². The molecule has 2 amide bonds. The minimum atomic E-state index is -0.233. The molecule has 2 aliphatic heterocycles. The van der Waals surface area contributed by atoms with Crippen molar-refractivity contribution in [2.75, 3.05) is 17.2 Å². The fraction of sp³-hybridized carbons (Fsp3) is 0.120. The number of hydrazine groups is 1. The van der Waals surface area contributed by atoms with Crippen LogP contribution in [0.4, 0.5) is 11.4 Å². The SMILES string of the molecule is O=C(CN1c2ccccc2Sc2ccccc21)NN1C(=O)CSC1/C=C/c1ccccc1. The highest BCUT2D eigenvalue weighted by atomic mass is 32.2. The van der Waals surface area contributed by atoms with E-state index < -0.39 is 0 Å². The van der Waals surface area contributed by atoms with E-state index in [1.54, 1.807) is 11.8 Å². The molecule has 1 atom stereocenters. The molecular formula is C25H21N3O2S2. The summed E-state index contributed by atoms with van der Waals surface area (Å²) in [5.41, 5.74) is 5.89. The molecule has 3 aromatic carbocycles. The molecule has 160 valence electrons. The van der Waals surface area contributed by atoms with Crippen molar-refractivity contribution in [3.63, 3.8) is 0 Å². The molecule has 0 spiro atoms. The molecule has 1 saturated heterocycles. The Balaban J connectivity index is 1.33. The topological polar surface area (TPSA) is 52.7 Å². The highest BCUT2D eigenvalue weighted by Crippen LogP contribution is 2.47. The predicted molar refractivity (Wildman–Crippen MR) is 131 cm³/mol. The van der Waals surface area contributed by atoms with Crippen LogP contribution in [0.2, 0.25) is 0 Å². The first kappa shape index (κ1) is 20.7. The molecule has 2 heterocycles. The third-order valence-electron chi connectivity index (χ3n) is 5.23. The fourth-order valence-corrected chi connectivity index (χ4v) is 5.79. The van der Waals surface area contributed by atoms with Crippen LogP contribution in [0.5, 0.6) is 0 Å². The largest absolute Gasteiger partial charge is 0.330 e. The standard InChI is InChI=1S/C25H21N3O2S2/c29-23(26-28-24(30)17-31-25(28)15-14-18-8-2-1-3-9-18)16-27-19-10-4-6-12-21(19)32-22-13-7-5-11-20(22)27/h1-15,25H,16-17H2,(H,26,29)/b15-14+. The summed E-state index contributed by atoms with van der Waals surface area (Å²) >= 11 is 3.20. The molecule has 0 aliphatic carbocycles. The number of carbonyl (C=O) groups is 2. The molecule has 5 nitrogen and oxygen atoms in total. The van der Waals surface area contributed by atoms with Gasteiger partial charge in [0.15, 0.2) is 0 Å². The van der Waals surface area contributed by atoms with Crippen molar-refractivity contribution < 1.29 is 9.59 Å². The Bertz CT molecular complexity index is 1140. The number of fused-ring (bicyclic) bond motifs is 2. The van der Waals surface area contributed by atoms with Crippen LogP contribution in [0.3, 0.4) is 0 Å². The van der Waals surface area contributed by atoms with Crippen molar-refractivity contribution >= 4 is 52.8 Å². The molecule has 1 N–H and O–H groups in total. The van der Waals surface area contributed by atoms with Crippen molar-refractivity contribution in [3.8, 4) is 0 Å². The van der Waals surface area contributed by atoms with E-state index in [0.717, 1.165) is 26.7 Å². The second-order valence-corrected chi connectivity index (χ2v) is 9.58. The van der Waals surface area contributed by atoms with Crippen LogP contribution < -0.4 is 10.3 Å². The van der Waals surface area contributed by atoms with Gasteiger partial charge in [-0.05, 0) is 35.9 Å². The first-order chi connectivity index (χ1) is 15.7. The third kappa shape index (κ3) is 4.26. The van der Waals surface area contributed by atoms with E-state index in [4.69, 9.17) is 0 Å². The molecule has 0 aromatic heterocycles. The number of nitrogens with zero attached hydrogens (tertiary/aromatic N) is 2. The Hall–Kier alpha value is -3.16. The maximum Gasteiger partial charge on any atom is 0.258 e. The number of rotatable bonds is 5. The first-order valence-corrected chi connectivity index (χ1v) is 12.2. The van der Waals surface area contributed by atoms with Crippen LogP contribution >= 0.6 is 23.5 Å². The smallest absolute Gasteiger partial charge is 0.258 e. The lowest BCUT2D eigenvalue weighted by atomic mass is 10.2. The molecule has 0 bridgehead atoms. The Morgan fingerprint density at radius 3 is 2.25 bits per heavy atom. The van der Waals surface area contributed by atoms with Gasteiger partial charge in [-0.1, -0.05) is 72.4 Å². The van der Waals surface area contributed by atoms with E-state index in [1.165, 1.54) is 16.8 Å². The summed E-state index contributed by atoms with van der Waals surface area (Å²) in [7, 11) is 0. The third-order valence-corrected chi connectivity index (χ3v) is 7.49. The van der Waals surface area contributed by atoms with Gasteiger partial charge in [-0.2, -0.15) is 0 Å². The van der Waals surface area contributed by atoms with Crippen LogP contribution in [0.25, 0.3) is 6.08 Å². The van der Waals surface area contributed by atoms with E-state index >= 15 is 0 Å². The molecule has 5 rings (SSSR count).